The van der Waals surface area contributed by atoms with Crippen molar-refractivity contribution in [3.63, 3.8) is 0 Å². The van der Waals surface area contributed by atoms with Gasteiger partial charge in [-0.15, -0.1) is 0 Å². The standard InChI is InChI=1S/C48H32N2Se.2C40H26N2Se/c1-3-11-33(12-4-1)34-19-21-35(22-20-34)36-23-25-38(26-24-36)49(40-28-30-48-44(32-40)42-16-8-10-18-47(42)51-48)39-27-29-46-43(31-39)41-15-7-9-17-45(41)50(46)37-13-5-2-6-14-37;1-2-13-28(14-3-1)42-37-18-8-6-16-32(37)34-25-29(21-23-38(34)42)41(36-19-10-12-27-11-4-5-15-31(27)36)30-22-24-40-35(26-30)33-17-7-9-20-39(33)43-40;1-2-12-29(13-3-1)42-37-16-8-6-14-33(37)35-25-31(20-22-38(35)42)41(30-19-18-27-10-4-5-11-28(27)24-30)32-21-23-40-36(26-32)34-15-7-9-17-39(34)43-40/h1-32H;2*1-26H. The quantitative estimate of drug-likeness (QED) is 0.101. The number of para-hydroxylation sites is 6. The molecule has 0 aliphatic heterocycles. The smallest absolute Gasteiger partial charge is 0.0602 e. The Morgan fingerprint density at radius 3 is 0.818 bits per heavy atom. The first-order valence-corrected chi connectivity index (χ1v) is 51.7. The molecule has 644 valence electrons. The van der Waals surface area contributed by atoms with Crippen molar-refractivity contribution in [1.29, 1.82) is 0 Å². The molecule has 0 bridgehead atoms. The molecule has 0 unspecified atom stereocenters. The van der Waals surface area contributed by atoms with Crippen molar-refractivity contribution in [1.82, 2.24) is 13.7 Å². The number of aromatic nitrogens is 3. The predicted molar refractivity (Wildman–Crippen MR) is 588 cm³/mol. The van der Waals surface area contributed by atoms with E-state index in [4.69, 9.17) is 0 Å². The Hall–Kier alpha value is -16.3. The normalized spacial score (nSPS) is 11.6. The van der Waals surface area contributed by atoms with Crippen molar-refractivity contribution in [2.24, 2.45) is 0 Å². The van der Waals surface area contributed by atoms with Gasteiger partial charge in [-0.2, -0.15) is 0 Å². The molecule has 6 nitrogen and oxygen atoms in total. The van der Waals surface area contributed by atoms with Gasteiger partial charge in [0.15, 0.2) is 0 Å². The average molecular weight is 1940 g/mol. The van der Waals surface area contributed by atoms with Gasteiger partial charge in [0.05, 0.1) is 0 Å². The van der Waals surface area contributed by atoms with E-state index in [1.807, 2.05) is 0 Å². The second-order valence-corrected chi connectivity index (χ2v) is 41.9. The first-order valence-electron chi connectivity index (χ1n) is 46.6. The van der Waals surface area contributed by atoms with Crippen molar-refractivity contribution >= 4 is 240 Å². The second-order valence-electron chi connectivity index (χ2n) is 35.0. The van der Waals surface area contributed by atoms with Crippen LogP contribution in [0.4, 0.5) is 51.2 Å². The maximum absolute atomic E-state index is 2.45. The van der Waals surface area contributed by atoms with Gasteiger partial charge in [0.25, 0.3) is 0 Å². The molecule has 0 saturated carbocycles. The van der Waals surface area contributed by atoms with Gasteiger partial charge in [0, 0.05) is 0 Å². The van der Waals surface area contributed by atoms with Gasteiger partial charge in [-0.25, -0.2) is 0 Å². The van der Waals surface area contributed by atoms with Crippen LogP contribution in [0.5, 0.6) is 0 Å². The van der Waals surface area contributed by atoms with Crippen molar-refractivity contribution in [3.05, 3.63) is 510 Å². The Kier molecular flexibility index (Phi) is 20.6. The summed E-state index contributed by atoms with van der Waals surface area (Å²) in [6.07, 6.45) is 0. The molecule has 0 amide bonds. The molecule has 0 aliphatic rings. The van der Waals surface area contributed by atoms with E-state index in [-0.39, 0.29) is 0 Å². The molecule has 9 heteroatoms. The van der Waals surface area contributed by atoms with Crippen molar-refractivity contribution in [2.45, 2.75) is 0 Å². The molecule has 0 spiro atoms. The molecule has 0 radical (unpaired) electrons. The van der Waals surface area contributed by atoms with Gasteiger partial charge in [-0.1, -0.05) is 84.9 Å². The summed E-state index contributed by atoms with van der Waals surface area (Å²) < 4.78 is 15.9. The van der Waals surface area contributed by atoms with Gasteiger partial charge in [-0.3, -0.25) is 0 Å². The Balaban J connectivity index is 0.000000107. The minimum atomic E-state index is 0.325. The van der Waals surface area contributed by atoms with Crippen LogP contribution in [0.1, 0.15) is 0 Å². The summed E-state index contributed by atoms with van der Waals surface area (Å²) >= 11 is 1.01. The summed E-state index contributed by atoms with van der Waals surface area (Å²) in [5.74, 6) is 0. The molecule has 22 aromatic carbocycles. The number of fused-ring (bicyclic) bond motifs is 20. The van der Waals surface area contributed by atoms with E-state index in [9.17, 15) is 0 Å². The van der Waals surface area contributed by atoms with E-state index < -0.39 is 0 Å². The van der Waals surface area contributed by atoms with Crippen LogP contribution in [0, 0.1) is 0 Å². The molecule has 0 saturated heterocycles. The van der Waals surface area contributed by atoms with Gasteiger partial charge >= 0.3 is 721 Å². The SMILES string of the molecule is c1ccc(-c2ccc(-c3ccc(N(c4ccc5[se]c6ccccc6c5c4)c4ccc5c(c4)c4ccccc4n5-c4ccccc4)cc3)cc2)cc1.c1ccc(-n2c3ccccc3c3cc(N(c4ccc5[se]c6ccccc6c5c4)c4cccc5ccccc45)ccc32)cc1.c1ccc(-n2c3ccccc3c3cc(N(c4ccc5ccccc5c4)c4ccc5[se]c6ccccc6c5c4)ccc32)cc1. The van der Waals surface area contributed by atoms with Crippen molar-refractivity contribution in [2.75, 3.05) is 14.7 Å². The van der Waals surface area contributed by atoms with E-state index in [1.54, 1.807) is 0 Å². The van der Waals surface area contributed by atoms with Crippen molar-refractivity contribution in [3.8, 4) is 39.3 Å². The fourth-order valence-corrected chi connectivity index (χ4v) is 27.6. The van der Waals surface area contributed by atoms with Crippen LogP contribution >= 0.6 is 0 Å². The van der Waals surface area contributed by atoms with Crippen LogP contribution in [-0.4, -0.2) is 57.2 Å². The number of anilines is 9. The minimum absolute atomic E-state index is 0.325. The molecule has 6 aromatic heterocycles. The molecular formula is C128H84N6Se3. The zero-order valence-corrected chi connectivity index (χ0v) is 79.5. The Labute approximate surface area is 810 Å². The van der Waals surface area contributed by atoms with E-state index in [2.05, 4.69) is 538 Å². The topological polar surface area (TPSA) is 24.5 Å². The summed E-state index contributed by atoms with van der Waals surface area (Å²) in [7, 11) is 0. The van der Waals surface area contributed by atoms with Crippen molar-refractivity contribution < 1.29 is 0 Å². The Morgan fingerprint density at radius 1 is 0.139 bits per heavy atom. The van der Waals surface area contributed by atoms with E-state index in [0.29, 0.717) is 43.5 Å². The van der Waals surface area contributed by atoms with E-state index in [1.165, 1.54) is 201 Å². The summed E-state index contributed by atoms with van der Waals surface area (Å²) in [4.78, 5) is 7.30. The molecule has 28 aromatic rings. The molecule has 0 aliphatic carbocycles. The zero-order chi connectivity index (χ0) is 90.4. The molecule has 0 atom stereocenters. The summed E-state index contributed by atoms with van der Waals surface area (Å²) in [6, 6.07) is 186. The molecular weight excluding hydrogens is 1860 g/mol. The fourth-order valence-electron chi connectivity index (χ4n) is 20.8. The number of rotatable bonds is 14. The van der Waals surface area contributed by atoms with E-state index >= 15 is 0 Å². The number of hydrogen-bond acceptors (Lipinski definition) is 3. The Morgan fingerprint density at radius 2 is 0.401 bits per heavy atom. The monoisotopic (exact) mass is 1940 g/mol. The zero-order valence-electron chi connectivity index (χ0n) is 74.4. The van der Waals surface area contributed by atoms with E-state index in [0.717, 1.165) is 34.1 Å². The third kappa shape index (κ3) is 14.6. The van der Waals surface area contributed by atoms with Crippen LogP contribution in [0.25, 0.3) is 184 Å². The molecule has 137 heavy (non-hydrogen) atoms. The maximum atomic E-state index is 2.45. The number of hydrogen-bond donors (Lipinski definition) is 0. The van der Waals surface area contributed by atoms with Crippen LogP contribution in [0.15, 0.2) is 510 Å². The third-order valence-electron chi connectivity index (χ3n) is 27.1. The second kappa shape index (κ2) is 34.6. The third-order valence-corrected chi connectivity index (χ3v) is 34.3. The van der Waals surface area contributed by atoms with Crippen LogP contribution < -0.4 is 14.7 Å². The first kappa shape index (κ1) is 81.5. The van der Waals surface area contributed by atoms with Gasteiger partial charge in [0.2, 0.25) is 0 Å². The number of benzene rings is 22. The minimum Gasteiger partial charge on any atom is -0.0602 e. The summed E-state index contributed by atoms with van der Waals surface area (Å²) in [5.41, 5.74) is 26.0. The van der Waals surface area contributed by atoms with Gasteiger partial charge in [0.1, 0.15) is 0 Å². The van der Waals surface area contributed by atoms with Crippen LogP contribution in [-0.2, 0) is 0 Å². The average Bonchev–Trinajstić information content (AvgIpc) is 1.60. The summed E-state index contributed by atoms with van der Waals surface area (Å²) in [6.45, 7) is 0. The Bertz CT molecular complexity index is 9490. The first-order chi connectivity index (χ1) is 67.9. The fraction of sp³-hybridized carbons (Fsp3) is 0. The molecule has 6 heterocycles. The summed E-state index contributed by atoms with van der Waals surface area (Å²) in [5, 5.41) is 20.6. The van der Waals surface area contributed by atoms with Crippen LogP contribution in [0.3, 0.4) is 0 Å². The molecule has 0 N–H and O–H groups in total. The number of nitrogens with zero attached hydrogens (tertiary/aromatic N) is 6. The van der Waals surface area contributed by atoms with Gasteiger partial charge < -0.3 is 0 Å². The van der Waals surface area contributed by atoms with Gasteiger partial charge in [-0.05, 0) is 11.1 Å². The predicted octanol–water partition coefficient (Wildman–Crippen LogP) is 34.5. The molecule has 0 fully saturated rings. The molecule has 28 rings (SSSR count). The van der Waals surface area contributed by atoms with Crippen LogP contribution in [0.2, 0.25) is 0 Å².